The van der Waals surface area contributed by atoms with Gasteiger partial charge in [-0.15, -0.1) is 0 Å². The Morgan fingerprint density at radius 2 is 1.74 bits per heavy atom. The molecule has 2 saturated heterocycles. The highest BCUT2D eigenvalue weighted by Gasteiger charge is 2.15. The van der Waals surface area contributed by atoms with Gasteiger partial charge in [-0.2, -0.15) is 11.8 Å². The van der Waals surface area contributed by atoms with Gasteiger partial charge in [0.2, 0.25) is 0 Å². The van der Waals surface area contributed by atoms with Gasteiger partial charge in [-0.3, -0.25) is 9.69 Å². The Balaban J connectivity index is 1.29. The summed E-state index contributed by atoms with van der Waals surface area (Å²) in [5.41, 5.74) is 2.49. The van der Waals surface area contributed by atoms with E-state index in [1.54, 1.807) is 0 Å². The van der Waals surface area contributed by atoms with Crippen molar-refractivity contribution >= 4 is 39.8 Å². The summed E-state index contributed by atoms with van der Waals surface area (Å²) in [5, 5.41) is 5.11. The molecule has 0 radical (unpaired) electrons. The van der Waals surface area contributed by atoms with Crippen molar-refractivity contribution in [1.82, 2.24) is 4.90 Å². The van der Waals surface area contributed by atoms with E-state index in [2.05, 4.69) is 21.2 Å². The van der Waals surface area contributed by atoms with Crippen molar-refractivity contribution < 1.29 is 14.3 Å². The minimum atomic E-state index is -0.114. The molecule has 3 aromatic carbocycles. The fraction of sp³-hybridized carbons (Fsp3) is 0.370. The van der Waals surface area contributed by atoms with Gasteiger partial charge in [-0.1, -0.05) is 30.3 Å². The number of hydrogen-bond donors (Lipinski definition) is 1. The summed E-state index contributed by atoms with van der Waals surface area (Å²) in [7, 11) is 0. The molecule has 1 N–H and O–H groups in total. The van der Waals surface area contributed by atoms with Crippen LogP contribution in [0.3, 0.4) is 0 Å². The molecule has 178 valence electrons. The molecule has 0 bridgehead atoms. The van der Waals surface area contributed by atoms with Crippen molar-refractivity contribution in [3.63, 3.8) is 0 Å². The Kier molecular flexibility index (Phi) is 7.53. The quantitative estimate of drug-likeness (QED) is 0.546. The van der Waals surface area contributed by atoms with Crippen molar-refractivity contribution in [1.29, 1.82) is 0 Å². The van der Waals surface area contributed by atoms with Crippen LogP contribution >= 0.6 is 11.8 Å². The molecule has 7 heteroatoms. The zero-order valence-corrected chi connectivity index (χ0v) is 20.2. The number of hydrogen-bond acceptors (Lipinski definition) is 6. The van der Waals surface area contributed by atoms with Crippen LogP contribution in [0, 0.1) is 0 Å². The third-order valence-electron chi connectivity index (χ3n) is 6.39. The van der Waals surface area contributed by atoms with Crippen LogP contribution < -0.4 is 15.0 Å². The maximum Gasteiger partial charge on any atom is 0.255 e. The zero-order valence-electron chi connectivity index (χ0n) is 19.4. The molecule has 34 heavy (non-hydrogen) atoms. The molecule has 2 aliphatic rings. The Bertz CT molecular complexity index is 1130. The highest BCUT2D eigenvalue weighted by Crippen LogP contribution is 2.32. The summed E-state index contributed by atoms with van der Waals surface area (Å²) >= 11 is 2.02. The fourth-order valence-electron chi connectivity index (χ4n) is 4.48. The number of benzene rings is 3. The van der Waals surface area contributed by atoms with Crippen LogP contribution in [0.5, 0.6) is 5.75 Å². The average Bonchev–Trinajstić information content (AvgIpc) is 2.91. The van der Waals surface area contributed by atoms with E-state index < -0.39 is 0 Å². The summed E-state index contributed by atoms with van der Waals surface area (Å²) in [6.07, 6.45) is 0. The lowest BCUT2D eigenvalue weighted by molar-refractivity contribution is 0.102. The largest absolute Gasteiger partial charge is 0.492 e. The molecule has 0 spiro atoms. The molecular formula is C27H31N3O3S. The van der Waals surface area contributed by atoms with E-state index in [1.165, 1.54) is 11.5 Å². The second-order valence-electron chi connectivity index (χ2n) is 8.56. The predicted molar refractivity (Wildman–Crippen MR) is 141 cm³/mol. The second-order valence-corrected chi connectivity index (χ2v) is 9.79. The van der Waals surface area contributed by atoms with Gasteiger partial charge in [0.05, 0.1) is 13.2 Å². The Labute approximate surface area is 205 Å². The average molecular weight is 478 g/mol. The molecule has 1 amide bonds. The second kappa shape index (κ2) is 11.1. The molecule has 0 aromatic heterocycles. The highest BCUT2D eigenvalue weighted by molar-refractivity contribution is 7.99. The first-order valence-corrected chi connectivity index (χ1v) is 13.1. The van der Waals surface area contributed by atoms with Crippen molar-refractivity contribution in [3.05, 3.63) is 66.2 Å². The Morgan fingerprint density at radius 1 is 0.941 bits per heavy atom. The molecule has 0 unspecified atom stereocenters. The molecule has 6 nitrogen and oxygen atoms in total. The fourth-order valence-corrected chi connectivity index (χ4v) is 5.45. The lowest BCUT2D eigenvalue weighted by Gasteiger charge is -2.29. The van der Waals surface area contributed by atoms with Gasteiger partial charge in [0, 0.05) is 71.9 Å². The maximum absolute atomic E-state index is 13.1. The van der Waals surface area contributed by atoms with E-state index in [-0.39, 0.29) is 5.91 Å². The third-order valence-corrected chi connectivity index (χ3v) is 7.33. The van der Waals surface area contributed by atoms with Crippen molar-refractivity contribution in [2.45, 2.75) is 0 Å². The molecule has 5 rings (SSSR count). The standard InChI is InChI=1S/C27H31N3O3S/c31-27(21-4-3-5-22(20-21)30-11-15-32-16-12-30)28-25-8-9-26(24-7-2-1-6-23(24)25)33-17-10-29-13-18-34-19-14-29/h1-9,20H,10-19H2,(H,28,31). The molecular weight excluding hydrogens is 446 g/mol. The number of thioether (sulfide) groups is 1. The Morgan fingerprint density at radius 3 is 2.56 bits per heavy atom. The minimum Gasteiger partial charge on any atom is -0.492 e. The highest BCUT2D eigenvalue weighted by atomic mass is 32.2. The third kappa shape index (κ3) is 5.49. The molecule has 3 aromatic rings. The Hall–Kier alpha value is -2.74. The van der Waals surface area contributed by atoms with Crippen LogP contribution in [0.4, 0.5) is 11.4 Å². The summed E-state index contributed by atoms with van der Waals surface area (Å²) in [6, 6.07) is 19.8. The van der Waals surface area contributed by atoms with E-state index >= 15 is 0 Å². The van der Waals surface area contributed by atoms with Gasteiger partial charge in [0.1, 0.15) is 12.4 Å². The lowest BCUT2D eigenvalue weighted by Crippen LogP contribution is -2.36. The first kappa shape index (κ1) is 23.0. The van der Waals surface area contributed by atoms with Crippen molar-refractivity contribution in [2.75, 3.05) is 74.3 Å². The van der Waals surface area contributed by atoms with E-state index in [0.717, 1.165) is 60.6 Å². The number of ether oxygens (including phenoxy) is 2. The molecule has 0 saturated carbocycles. The van der Waals surface area contributed by atoms with Gasteiger partial charge in [-0.05, 0) is 30.3 Å². The monoisotopic (exact) mass is 477 g/mol. The smallest absolute Gasteiger partial charge is 0.255 e. The SMILES string of the molecule is O=C(Nc1ccc(OCCN2CCSCC2)c2ccccc12)c1cccc(N2CCOCC2)c1. The lowest BCUT2D eigenvalue weighted by atomic mass is 10.1. The normalized spacial score (nSPS) is 17.0. The van der Waals surface area contributed by atoms with E-state index in [1.807, 2.05) is 66.4 Å². The molecule has 0 aliphatic carbocycles. The van der Waals surface area contributed by atoms with Gasteiger partial charge >= 0.3 is 0 Å². The van der Waals surface area contributed by atoms with Crippen LogP contribution in [-0.4, -0.2) is 74.9 Å². The van der Waals surface area contributed by atoms with E-state index in [0.29, 0.717) is 25.4 Å². The molecule has 2 fully saturated rings. The van der Waals surface area contributed by atoms with Gasteiger partial charge in [0.15, 0.2) is 0 Å². The van der Waals surface area contributed by atoms with Crippen molar-refractivity contribution in [3.8, 4) is 5.75 Å². The van der Waals surface area contributed by atoms with Crippen LogP contribution in [0.25, 0.3) is 10.8 Å². The number of fused-ring (bicyclic) bond motifs is 1. The summed E-state index contributed by atoms with van der Waals surface area (Å²) in [6.45, 7) is 6.98. The van der Waals surface area contributed by atoms with Gasteiger partial charge in [0.25, 0.3) is 5.91 Å². The predicted octanol–water partition coefficient (Wildman–Crippen LogP) is 4.36. The van der Waals surface area contributed by atoms with E-state index in [9.17, 15) is 4.79 Å². The summed E-state index contributed by atoms with van der Waals surface area (Å²) in [5.74, 6) is 3.14. The van der Waals surface area contributed by atoms with Crippen LogP contribution in [-0.2, 0) is 4.74 Å². The number of carbonyl (C=O) groups excluding carboxylic acids is 1. The number of carbonyl (C=O) groups is 1. The molecule has 0 atom stereocenters. The number of nitrogens with one attached hydrogen (secondary N) is 1. The first-order valence-electron chi connectivity index (χ1n) is 12.0. The van der Waals surface area contributed by atoms with Crippen molar-refractivity contribution in [2.24, 2.45) is 0 Å². The van der Waals surface area contributed by atoms with Crippen LogP contribution in [0.15, 0.2) is 60.7 Å². The van der Waals surface area contributed by atoms with Crippen LogP contribution in [0.1, 0.15) is 10.4 Å². The number of amides is 1. The van der Waals surface area contributed by atoms with Gasteiger partial charge in [-0.25, -0.2) is 0 Å². The minimum absolute atomic E-state index is 0.114. The van der Waals surface area contributed by atoms with Gasteiger partial charge < -0.3 is 19.7 Å². The molecule has 2 aliphatic heterocycles. The number of morpholine rings is 1. The number of nitrogens with zero attached hydrogens (tertiary/aromatic N) is 2. The zero-order chi connectivity index (χ0) is 23.2. The maximum atomic E-state index is 13.1. The molecule has 2 heterocycles. The topological polar surface area (TPSA) is 54.0 Å². The first-order chi connectivity index (χ1) is 16.8. The van der Waals surface area contributed by atoms with Crippen LogP contribution in [0.2, 0.25) is 0 Å². The summed E-state index contributed by atoms with van der Waals surface area (Å²) in [4.78, 5) is 17.8. The number of anilines is 2. The number of rotatable bonds is 7. The van der Waals surface area contributed by atoms with E-state index in [4.69, 9.17) is 9.47 Å². The summed E-state index contributed by atoms with van der Waals surface area (Å²) < 4.78 is 11.6.